The number of terminal acetylenes is 1. The third-order valence-electron chi connectivity index (χ3n) is 2.67. The highest BCUT2D eigenvalue weighted by Gasteiger charge is 2.27. The van der Waals surface area contributed by atoms with E-state index >= 15 is 0 Å². The molecule has 1 amide bonds. The van der Waals surface area contributed by atoms with Gasteiger partial charge in [0.2, 0.25) is 5.91 Å². The standard InChI is InChI=1S/C13H13NO/c1-2-11-8-13(15)14(9-11)10-12-6-4-3-5-7-12/h1,3-7,11H,8-10H2/t11-/m0/s1. The van der Waals surface area contributed by atoms with Gasteiger partial charge in [0.1, 0.15) is 0 Å². The fraction of sp³-hybridized carbons (Fsp3) is 0.308. The normalized spacial score (nSPS) is 20.3. The molecule has 76 valence electrons. The average Bonchev–Trinajstić information content (AvgIpc) is 2.61. The van der Waals surface area contributed by atoms with Crippen molar-refractivity contribution in [3.63, 3.8) is 0 Å². The predicted molar refractivity (Wildman–Crippen MR) is 58.8 cm³/mol. The third-order valence-corrected chi connectivity index (χ3v) is 2.67. The molecule has 15 heavy (non-hydrogen) atoms. The number of carbonyl (C=O) groups excluding carboxylic acids is 1. The van der Waals surface area contributed by atoms with Crippen LogP contribution >= 0.6 is 0 Å². The SMILES string of the molecule is C#C[C@H]1CC(=O)N(Cc2ccccc2)C1. The first-order chi connectivity index (χ1) is 7.29. The minimum atomic E-state index is 0.0983. The third kappa shape index (κ3) is 2.19. The molecule has 0 spiro atoms. The Bertz CT molecular complexity index is 391. The maximum absolute atomic E-state index is 11.6. The molecule has 1 aliphatic heterocycles. The van der Waals surface area contributed by atoms with Crippen molar-refractivity contribution in [2.45, 2.75) is 13.0 Å². The fourth-order valence-corrected chi connectivity index (χ4v) is 1.84. The summed E-state index contributed by atoms with van der Waals surface area (Å²) in [4.78, 5) is 13.4. The zero-order chi connectivity index (χ0) is 10.7. The molecule has 0 radical (unpaired) electrons. The highest BCUT2D eigenvalue weighted by atomic mass is 16.2. The molecular formula is C13H13NO. The second kappa shape index (κ2) is 4.18. The van der Waals surface area contributed by atoms with Crippen LogP contribution in [0.15, 0.2) is 30.3 Å². The van der Waals surface area contributed by atoms with Gasteiger partial charge >= 0.3 is 0 Å². The van der Waals surface area contributed by atoms with E-state index in [2.05, 4.69) is 5.92 Å². The van der Waals surface area contributed by atoms with E-state index in [0.717, 1.165) is 5.56 Å². The van der Waals surface area contributed by atoms with Gasteiger partial charge < -0.3 is 4.90 Å². The predicted octanol–water partition coefficient (Wildman–Crippen LogP) is 1.67. The summed E-state index contributed by atoms with van der Waals surface area (Å²) in [6.45, 7) is 1.38. The van der Waals surface area contributed by atoms with E-state index < -0.39 is 0 Å². The zero-order valence-corrected chi connectivity index (χ0v) is 8.52. The molecule has 2 heteroatoms. The molecule has 0 bridgehead atoms. The topological polar surface area (TPSA) is 20.3 Å². The van der Waals surface area contributed by atoms with E-state index in [4.69, 9.17) is 6.42 Å². The number of nitrogens with zero attached hydrogens (tertiary/aromatic N) is 1. The van der Waals surface area contributed by atoms with Crippen molar-refractivity contribution in [1.82, 2.24) is 4.90 Å². The average molecular weight is 199 g/mol. The molecule has 0 unspecified atom stereocenters. The maximum Gasteiger partial charge on any atom is 0.224 e. The molecule has 0 N–H and O–H groups in total. The monoisotopic (exact) mass is 199 g/mol. The molecule has 1 saturated heterocycles. The quantitative estimate of drug-likeness (QED) is 0.663. The van der Waals surface area contributed by atoms with Gasteiger partial charge in [-0.3, -0.25) is 4.79 Å². The van der Waals surface area contributed by atoms with Gasteiger partial charge in [-0.05, 0) is 5.56 Å². The second-order valence-electron chi connectivity index (χ2n) is 3.83. The molecule has 1 aromatic carbocycles. The van der Waals surface area contributed by atoms with E-state index in [1.54, 1.807) is 0 Å². The van der Waals surface area contributed by atoms with E-state index in [-0.39, 0.29) is 11.8 Å². The molecular weight excluding hydrogens is 186 g/mol. The van der Waals surface area contributed by atoms with Crippen molar-refractivity contribution in [2.24, 2.45) is 5.92 Å². The fourth-order valence-electron chi connectivity index (χ4n) is 1.84. The van der Waals surface area contributed by atoms with Crippen molar-refractivity contribution in [3.8, 4) is 12.3 Å². The highest BCUT2D eigenvalue weighted by molar-refractivity contribution is 5.79. The smallest absolute Gasteiger partial charge is 0.224 e. The molecule has 1 atom stereocenters. The van der Waals surface area contributed by atoms with Crippen LogP contribution in [0.1, 0.15) is 12.0 Å². The van der Waals surface area contributed by atoms with Gasteiger partial charge in [-0.25, -0.2) is 0 Å². The number of rotatable bonds is 2. The largest absolute Gasteiger partial charge is 0.337 e. The number of amides is 1. The van der Waals surface area contributed by atoms with Crippen LogP contribution < -0.4 is 0 Å². The van der Waals surface area contributed by atoms with Gasteiger partial charge in [-0.1, -0.05) is 30.3 Å². The number of hydrogen-bond acceptors (Lipinski definition) is 1. The van der Waals surface area contributed by atoms with Crippen LogP contribution in [-0.4, -0.2) is 17.4 Å². The maximum atomic E-state index is 11.6. The van der Waals surface area contributed by atoms with Crippen molar-refractivity contribution < 1.29 is 4.79 Å². The number of carbonyl (C=O) groups is 1. The van der Waals surface area contributed by atoms with E-state index in [0.29, 0.717) is 19.5 Å². The lowest BCUT2D eigenvalue weighted by molar-refractivity contribution is -0.128. The first-order valence-corrected chi connectivity index (χ1v) is 5.07. The zero-order valence-electron chi connectivity index (χ0n) is 8.52. The lowest BCUT2D eigenvalue weighted by Gasteiger charge is -2.15. The van der Waals surface area contributed by atoms with Gasteiger partial charge in [0.05, 0.1) is 0 Å². The van der Waals surface area contributed by atoms with Crippen LogP contribution in [0, 0.1) is 18.3 Å². The number of likely N-dealkylation sites (tertiary alicyclic amines) is 1. The van der Waals surface area contributed by atoms with Gasteiger partial charge in [0.15, 0.2) is 0 Å². The van der Waals surface area contributed by atoms with Crippen molar-refractivity contribution in [3.05, 3.63) is 35.9 Å². The minimum Gasteiger partial charge on any atom is -0.337 e. The van der Waals surface area contributed by atoms with Crippen molar-refractivity contribution >= 4 is 5.91 Å². The summed E-state index contributed by atoms with van der Waals surface area (Å²) in [5.74, 6) is 2.91. The Hall–Kier alpha value is -1.75. The molecule has 2 nitrogen and oxygen atoms in total. The molecule has 1 fully saturated rings. The Morgan fingerprint density at radius 1 is 1.40 bits per heavy atom. The van der Waals surface area contributed by atoms with Gasteiger partial charge in [0.25, 0.3) is 0 Å². The van der Waals surface area contributed by atoms with Gasteiger partial charge in [-0.2, -0.15) is 0 Å². The lowest BCUT2D eigenvalue weighted by Crippen LogP contribution is -2.24. The Morgan fingerprint density at radius 2 is 2.13 bits per heavy atom. The first-order valence-electron chi connectivity index (χ1n) is 5.07. The van der Waals surface area contributed by atoms with Crippen LogP contribution in [0.3, 0.4) is 0 Å². The van der Waals surface area contributed by atoms with Crippen LogP contribution in [0.5, 0.6) is 0 Å². The summed E-state index contributed by atoms with van der Waals surface area (Å²) in [7, 11) is 0. The molecule has 1 aromatic rings. The highest BCUT2D eigenvalue weighted by Crippen LogP contribution is 2.19. The molecule has 1 heterocycles. The Labute approximate surface area is 89.9 Å². The molecule has 1 aliphatic rings. The van der Waals surface area contributed by atoms with E-state index in [9.17, 15) is 4.79 Å². The number of benzene rings is 1. The Balaban J connectivity index is 2.02. The number of hydrogen-bond donors (Lipinski definition) is 0. The van der Waals surface area contributed by atoms with Crippen molar-refractivity contribution in [1.29, 1.82) is 0 Å². The van der Waals surface area contributed by atoms with Gasteiger partial charge in [-0.15, -0.1) is 12.3 Å². The summed E-state index contributed by atoms with van der Waals surface area (Å²) in [6.07, 6.45) is 5.83. The van der Waals surface area contributed by atoms with E-state index in [1.165, 1.54) is 0 Å². The summed E-state index contributed by atoms with van der Waals surface area (Å²) in [6, 6.07) is 9.98. The molecule has 0 aliphatic carbocycles. The summed E-state index contributed by atoms with van der Waals surface area (Å²) >= 11 is 0. The first kappa shape index (κ1) is 9.79. The summed E-state index contributed by atoms with van der Waals surface area (Å²) in [5.41, 5.74) is 1.16. The van der Waals surface area contributed by atoms with Crippen LogP contribution in [0.25, 0.3) is 0 Å². The molecule has 2 rings (SSSR count). The van der Waals surface area contributed by atoms with Gasteiger partial charge in [0, 0.05) is 25.4 Å². The molecule has 0 aromatic heterocycles. The molecule has 0 saturated carbocycles. The summed E-state index contributed by atoms with van der Waals surface area (Å²) < 4.78 is 0. The minimum absolute atomic E-state index is 0.0983. The lowest BCUT2D eigenvalue weighted by atomic mass is 10.1. The van der Waals surface area contributed by atoms with Crippen molar-refractivity contribution in [2.75, 3.05) is 6.54 Å². The Morgan fingerprint density at radius 3 is 2.73 bits per heavy atom. The van der Waals surface area contributed by atoms with Crippen LogP contribution in [-0.2, 0) is 11.3 Å². The summed E-state index contributed by atoms with van der Waals surface area (Å²) in [5, 5.41) is 0. The Kier molecular flexibility index (Phi) is 2.73. The van der Waals surface area contributed by atoms with E-state index in [1.807, 2.05) is 35.2 Å². The van der Waals surface area contributed by atoms with Crippen LogP contribution in [0.4, 0.5) is 0 Å². The second-order valence-corrected chi connectivity index (χ2v) is 3.83. The van der Waals surface area contributed by atoms with Crippen LogP contribution in [0.2, 0.25) is 0 Å².